The standard InChI is InChI=1S/C13H26N2O3/c1-3-5-11(14)13(18)15-9-8-10(4-2)6-7-12(16)17/h10-11H,3-9,14H2,1-2H3,(H,15,18)(H,16,17)/t10?,11-/m0/s1. The molecular weight excluding hydrogens is 232 g/mol. The largest absolute Gasteiger partial charge is 0.481 e. The Labute approximate surface area is 109 Å². The van der Waals surface area contributed by atoms with Gasteiger partial charge in [0.25, 0.3) is 0 Å². The van der Waals surface area contributed by atoms with Crippen molar-refractivity contribution in [1.82, 2.24) is 5.32 Å². The molecule has 2 atom stereocenters. The number of nitrogens with two attached hydrogens (primary N) is 1. The van der Waals surface area contributed by atoms with E-state index in [9.17, 15) is 9.59 Å². The van der Waals surface area contributed by atoms with Crippen LogP contribution >= 0.6 is 0 Å². The molecule has 0 saturated carbocycles. The van der Waals surface area contributed by atoms with E-state index in [1.54, 1.807) is 0 Å². The van der Waals surface area contributed by atoms with E-state index >= 15 is 0 Å². The van der Waals surface area contributed by atoms with Crippen molar-refractivity contribution in [1.29, 1.82) is 0 Å². The minimum absolute atomic E-state index is 0.107. The van der Waals surface area contributed by atoms with Gasteiger partial charge in [-0.1, -0.05) is 26.7 Å². The van der Waals surface area contributed by atoms with Gasteiger partial charge in [-0.15, -0.1) is 0 Å². The highest BCUT2D eigenvalue weighted by atomic mass is 16.4. The highest BCUT2D eigenvalue weighted by molar-refractivity contribution is 5.81. The first-order valence-corrected chi connectivity index (χ1v) is 6.76. The van der Waals surface area contributed by atoms with Crippen LogP contribution < -0.4 is 11.1 Å². The van der Waals surface area contributed by atoms with Crippen molar-refractivity contribution in [2.75, 3.05) is 6.54 Å². The average molecular weight is 258 g/mol. The number of hydrogen-bond acceptors (Lipinski definition) is 3. The van der Waals surface area contributed by atoms with Crippen LogP contribution in [-0.2, 0) is 9.59 Å². The highest BCUT2D eigenvalue weighted by Gasteiger charge is 2.13. The van der Waals surface area contributed by atoms with E-state index in [1.165, 1.54) is 0 Å². The van der Waals surface area contributed by atoms with Crippen molar-refractivity contribution in [2.45, 2.75) is 58.4 Å². The smallest absolute Gasteiger partial charge is 0.303 e. The number of carbonyl (C=O) groups excluding carboxylic acids is 1. The van der Waals surface area contributed by atoms with E-state index in [2.05, 4.69) is 5.32 Å². The third-order valence-corrected chi connectivity index (χ3v) is 3.13. The summed E-state index contributed by atoms with van der Waals surface area (Å²) in [7, 11) is 0. The van der Waals surface area contributed by atoms with Crippen LogP contribution in [0, 0.1) is 5.92 Å². The van der Waals surface area contributed by atoms with Crippen LogP contribution in [0.2, 0.25) is 0 Å². The predicted octanol–water partition coefficient (Wildman–Crippen LogP) is 1.51. The van der Waals surface area contributed by atoms with Crippen molar-refractivity contribution in [3.63, 3.8) is 0 Å². The Bertz CT molecular complexity index is 257. The summed E-state index contributed by atoms with van der Waals surface area (Å²) in [6.07, 6.45) is 4.20. The molecule has 106 valence electrons. The van der Waals surface area contributed by atoms with E-state index in [-0.39, 0.29) is 12.3 Å². The summed E-state index contributed by atoms with van der Waals surface area (Å²) in [6, 6.07) is -0.422. The van der Waals surface area contributed by atoms with Gasteiger partial charge >= 0.3 is 5.97 Å². The van der Waals surface area contributed by atoms with Gasteiger partial charge in [0.15, 0.2) is 0 Å². The van der Waals surface area contributed by atoms with Crippen LogP contribution in [0.3, 0.4) is 0 Å². The summed E-state index contributed by atoms with van der Waals surface area (Å²) in [4.78, 5) is 22.0. The quantitative estimate of drug-likeness (QED) is 0.554. The van der Waals surface area contributed by atoms with Crippen LogP contribution in [0.4, 0.5) is 0 Å². The topological polar surface area (TPSA) is 92.4 Å². The lowest BCUT2D eigenvalue weighted by Crippen LogP contribution is -2.41. The first-order valence-electron chi connectivity index (χ1n) is 6.76. The SMILES string of the molecule is CCC[C@H](N)C(=O)NCCC(CC)CCC(=O)O. The lowest BCUT2D eigenvalue weighted by Gasteiger charge is -2.15. The summed E-state index contributed by atoms with van der Waals surface area (Å²) < 4.78 is 0. The molecule has 0 saturated heterocycles. The van der Waals surface area contributed by atoms with Crippen molar-refractivity contribution in [3.05, 3.63) is 0 Å². The summed E-state index contributed by atoms with van der Waals surface area (Å²) in [5, 5.41) is 11.4. The Kier molecular flexibility index (Phi) is 9.28. The molecular formula is C13H26N2O3. The van der Waals surface area contributed by atoms with Gasteiger partial charge in [-0.3, -0.25) is 9.59 Å². The Hall–Kier alpha value is -1.10. The van der Waals surface area contributed by atoms with E-state index in [0.29, 0.717) is 25.3 Å². The van der Waals surface area contributed by atoms with Crippen LogP contribution in [0.15, 0.2) is 0 Å². The molecule has 0 spiro atoms. The van der Waals surface area contributed by atoms with Gasteiger partial charge in [0.1, 0.15) is 0 Å². The third kappa shape index (κ3) is 8.06. The first kappa shape index (κ1) is 16.9. The minimum atomic E-state index is -0.762. The monoisotopic (exact) mass is 258 g/mol. The number of nitrogens with one attached hydrogen (secondary N) is 1. The number of hydrogen-bond donors (Lipinski definition) is 3. The number of aliphatic carboxylic acids is 1. The molecule has 0 aromatic carbocycles. The molecule has 0 aromatic heterocycles. The molecule has 0 rings (SSSR count). The molecule has 5 heteroatoms. The molecule has 0 aliphatic rings. The Morgan fingerprint density at radius 2 is 1.89 bits per heavy atom. The van der Waals surface area contributed by atoms with Crippen molar-refractivity contribution >= 4 is 11.9 Å². The molecule has 0 aromatic rings. The molecule has 5 nitrogen and oxygen atoms in total. The zero-order valence-corrected chi connectivity index (χ0v) is 11.4. The molecule has 4 N–H and O–H groups in total. The summed E-state index contributed by atoms with van der Waals surface area (Å²) >= 11 is 0. The van der Waals surface area contributed by atoms with E-state index < -0.39 is 12.0 Å². The van der Waals surface area contributed by atoms with Gasteiger partial charge in [0.2, 0.25) is 5.91 Å². The Balaban J connectivity index is 3.79. The number of carboxylic acids is 1. The molecule has 0 heterocycles. The van der Waals surface area contributed by atoms with Crippen LogP contribution in [0.25, 0.3) is 0 Å². The van der Waals surface area contributed by atoms with Crippen LogP contribution in [-0.4, -0.2) is 29.6 Å². The Morgan fingerprint density at radius 1 is 1.22 bits per heavy atom. The number of carboxylic acid groups (broad SMARTS) is 1. The van der Waals surface area contributed by atoms with Gasteiger partial charge in [-0.2, -0.15) is 0 Å². The lowest BCUT2D eigenvalue weighted by molar-refractivity contribution is -0.137. The third-order valence-electron chi connectivity index (χ3n) is 3.13. The average Bonchev–Trinajstić information content (AvgIpc) is 2.33. The van der Waals surface area contributed by atoms with Gasteiger partial charge in [0.05, 0.1) is 6.04 Å². The molecule has 18 heavy (non-hydrogen) atoms. The molecule has 0 radical (unpaired) electrons. The fourth-order valence-electron chi connectivity index (χ4n) is 1.85. The van der Waals surface area contributed by atoms with Crippen LogP contribution in [0.5, 0.6) is 0 Å². The van der Waals surface area contributed by atoms with Gasteiger partial charge in [0, 0.05) is 13.0 Å². The summed E-state index contributed by atoms with van der Waals surface area (Å²) in [5.41, 5.74) is 5.69. The molecule has 1 unspecified atom stereocenters. The number of rotatable bonds is 10. The van der Waals surface area contributed by atoms with Gasteiger partial charge in [-0.05, 0) is 25.2 Å². The van der Waals surface area contributed by atoms with Gasteiger partial charge < -0.3 is 16.2 Å². The fraction of sp³-hybridized carbons (Fsp3) is 0.846. The van der Waals surface area contributed by atoms with E-state index in [0.717, 1.165) is 19.3 Å². The van der Waals surface area contributed by atoms with Crippen molar-refractivity contribution < 1.29 is 14.7 Å². The second kappa shape index (κ2) is 9.88. The second-order valence-corrected chi connectivity index (χ2v) is 4.68. The molecule has 0 bridgehead atoms. The number of amides is 1. The van der Waals surface area contributed by atoms with Crippen LogP contribution in [0.1, 0.15) is 52.4 Å². The van der Waals surface area contributed by atoms with E-state index in [4.69, 9.17) is 10.8 Å². The first-order chi connectivity index (χ1) is 8.51. The fourth-order valence-corrected chi connectivity index (χ4v) is 1.85. The summed E-state index contributed by atoms with van der Waals surface area (Å²) in [5.74, 6) is -0.517. The highest BCUT2D eigenvalue weighted by Crippen LogP contribution is 2.14. The van der Waals surface area contributed by atoms with E-state index in [1.807, 2.05) is 13.8 Å². The normalized spacial score (nSPS) is 13.9. The molecule has 1 amide bonds. The zero-order chi connectivity index (χ0) is 14.0. The Morgan fingerprint density at radius 3 is 2.39 bits per heavy atom. The minimum Gasteiger partial charge on any atom is -0.481 e. The maximum atomic E-state index is 11.5. The molecule has 0 aliphatic heterocycles. The second-order valence-electron chi connectivity index (χ2n) is 4.68. The molecule has 0 aliphatic carbocycles. The van der Waals surface area contributed by atoms with Crippen molar-refractivity contribution in [3.8, 4) is 0 Å². The predicted molar refractivity (Wildman–Crippen MR) is 71.2 cm³/mol. The summed E-state index contributed by atoms with van der Waals surface area (Å²) in [6.45, 7) is 4.61. The number of carbonyl (C=O) groups is 2. The maximum absolute atomic E-state index is 11.5. The van der Waals surface area contributed by atoms with Gasteiger partial charge in [-0.25, -0.2) is 0 Å². The maximum Gasteiger partial charge on any atom is 0.303 e. The van der Waals surface area contributed by atoms with Crippen molar-refractivity contribution in [2.24, 2.45) is 11.7 Å². The lowest BCUT2D eigenvalue weighted by atomic mass is 9.96. The zero-order valence-electron chi connectivity index (χ0n) is 11.4. The molecule has 0 fully saturated rings.